The van der Waals surface area contributed by atoms with E-state index in [4.69, 9.17) is 0 Å². The van der Waals surface area contributed by atoms with Gasteiger partial charge in [-0.3, -0.25) is 4.79 Å². The van der Waals surface area contributed by atoms with Crippen molar-refractivity contribution in [1.29, 1.82) is 0 Å². The largest absolute Gasteiger partial charge is 0.394 e. The molecule has 0 aromatic carbocycles. The van der Waals surface area contributed by atoms with Crippen LogP contribution in [0.15, 0.2) is 43.1 Å². The van der Waals surface area contributed by atoms with Crippen LogP contribution >= 0.6 is 0 Å². The zero-order valence-corrected chi connectivity index (χ0v) is 17.6. The summed E-state index contributed by atoms with van der Waals surface area (Å²) in [6.45, 7) is 0.523. The highest BCUT2D eigenvalue weighted by Crippen LogP contribution is 2.36. The maximum absolute atomic E-state index is 14.3. The lowest BCUT2D eigenvalue weighted by Crippen LogP contribution is -2.40. The van der Waals surface area contributed by atoms with Gasteiger partial charge < -0.3 is 20.3 Å². The van der Waals surface area contributed by atoms with Crippen molar-refractivity contribution in [3.05, 3.63) is 71.7 Å². The third kappa shape index (κ3) is 3.32. The summed E-state index contributed by atoms with van der Waals surface area (Å²) in [5.41, 5.74) is 2.47. The summed E-state index contributed by atoms with van der Waals surface area (Å²) in [6, 6.07) is 4.33. The number of H-pyrrole nitrogens is 1. The fraction of sp³-hybridized carbons (Fsp3) is 0.318. The first-order valence-electron chi connectivity index (χ1n) is 10.7. The zero-order valence-electron chi connectivity index (χ0n) is 17.6. The van der Waals surface area contributed by atoms with Crippen LogP contribution in [0.2, 0.25) is 0 Å². The number of aliphatic hydroxyl groups excluding tert-OH is 1. The highest BCUT2D eigenvalue weighted by molar-refractivity contribution is 5.92. The van der Waals surface area contributed by atoms with Crippen molar-refractivity contribution in [3.8, 4) is 0 Å². The minimum absolute atomic E-state index is 0.0919. The first kappa shape index (κ1) is 19.8. The SMILES string of the molecule is O=C(NC1(CO)CC1)c1cnc(N2CCc3[nH]cnc3[C@H]2c2cc3c(F)cccn3n2)cn1. The van der Waals surface area contributed by atoms with E-state index < -0.39 is 11.6 Å². The predicted molar refractivity (Wildman–Crippen MR) is 115 cm³/mol. The fourth-order valence-electron chi connectivity index (χ4n) is 4.32. The summed E-state index contributed by atoms with van der Waals surface area (Å²) >= 11 is 0. The predicted octanol–water partition coefficient (Wildman–Crippen LogP) is 1.39. The van der Waals surface area contributed by atoms with Gasteiger partial charge in [0.2, 0.25) is 0 Å². The molecule has 0 spiro atoms. The minimum atomic E-state index is -0.524. The van der Waals surface area contributed by atoms with Crippen LogP contribution in [0, 0.1) is 5.82 Å². The number of pyridine rings is 1. The Morgan fingerprint density at radius 2 is 2.18 bits per heavy atom. The average molecular weight is 448 g/mol. The Labute approximate surface area is 187 Å². The number of nitrogens with zero attached hydrogens (tertiary/aromatic N) is 6. The van der Waals surface area contributed by atoms with E-state index in [0.717, 1.165) is 30.7 Å². The molecule has 11 heteroatoms. The molecule has 10 nitrogen and oxygen atoms in total. The van der Waals surface area contributed by atoms with Crippen molar-refractivity contribution in [2.75, 3.05) is 18.1 Å². The third-order valence-electron chi connectivity index (χ3n) is 6.37. The molecule has 1 aliphatic carbocycles. The maximum Gasteiger partial charge on any atom is 0.271 e. The molecular weight excluding hydrogens is 427 g/mol. The van der Waals surface area contributed by atoms with E-state index in [1.54, 1.807) is 30.9 Å². The van der Waals surface area contributed by atoms with E-state index in [1.165, 1.54) is 16.8 Å². The lowest BCUT2D eigenvalue weighted by atomic mass is 10.00. The minimum Gasteiger partial charge on any atom is -0.394 e. The molecular formula is C22H21FN8O2. The van der Waals surface area contributed by atoms with E-state index in [2.05, 4.69) is 30.4 Å². The lowest BCUT2D eigenvalue weighted by molar-refractivity contribution is 0.0901. The number of fused-ring (bicyclic) bond motifs is 2. The monoisotopic (exact) mass is 448 g/mol. The highest BCUT2D eigenvalue weighted by atomic mass is 19.1. The number of carbonyl (C=O) groups excluding carboxylic acids is 1. The van der Waals surface area contributed by atoms with Crippen molar-refractivity contribution in [2.24, 2.45) is 0 Å². The number of aromatic nitrogens is 6. The third-order valence-corrected chi connectivity index (χ3v) is 6.37. The molecule has 0 saturated heterocycles. The maximum atomic E-state index is 14.3. The first-order chi connectivity index (χ1) is 16.1. The summed E-state index contributed by atoms with van der Waals surface area (Å²) in [4.78, 5) is 31.0. The van der Waals surface area contributed by atoms with Gasteiger partial charge in [-0.1, -0.05) is 0 Å². The summed E-state index contributed by atoms with van der Waals surface area (Å²) in [5, 5.41) is 16.9. The average Bonchev–Trinajstić information content (AvgIpc) is 3.23. The van der Waals surface area contributed by atoms with E-state index in [1.807, 2.05) is 4.90 Å². The van der Waals surface area contributed by atoms with Crippen molar-refractivity contribution in [1.82, 2.24) is 34.9 Å². The standard InChI is InChI=1S/C22H21FN8O2/c23-13-2-1-6-31-17(13)8-15(29-31)20-19-14(26-12-27-19)3-7-30(20)18-10-24-16(9-25-18)21(33)28-22(11-32)4-5-22/h1-2,6,8-10,12,20,32H,3-5,7,11H2,(H,26,27)(H,28,33)/t20-/m1/s1. The van der Waals surface area contributed by atoms with Crippen LogP contribution in [-0.4, -0.2) is 59.3 Å². The Balaban J connectivity index is 1.34. The summed E-state index contributed by atoms with van der Waals surface area (Å²) in [7, 11) is 0. The van der Waals surface area contributed by atoms with Crippen molar-refractivity contribution < 1.29 is 14.3 Å². The second-order valence-corrected chi connectivity index (χ2v) is 8.52. The molecule has 33 heavy (non-hydrogen) atoms. The van der Waals surface area contributed by atoms with Crippen LogP contribution < -0.4 is 10.2 Å². The molecule has 4 aromatic heterocycles. The van der Waals surface area contributed by atoms with Crippen LogP contribution in [0.3, 0.4) is 0 Å². The molecule has 6 rings (SSSR count). The second kappa shape index (κ2) is 7.34. The van der Waals surface area contributed by atoms with E-state index in [9.17, 15) is 14.3 Å². The summed E-state index contributed by atoms with van der Waals surface area (Å²) in [6.07, 6.45) is 8.55. The van der Waals surface area contributed by atoms with Crippen LogP contribution in [0.5, 0.6) is 0 Å². The van der Waals surface area contributed by atoms with Crippen LogP contribution in [0.1, 0.15) is 46.5 Å². The number of nitrogens with one attached hydrogen (secondary N) is 2. The smallest absolute Gasteiger partial charge is 0.271 e. The molecule has 3 N–H and O–H groups in total. The van der Waals surface area contributed by atoms with Crippen LogP contribution in [0.4, 0.5) is 10.2 Å². The van der Waals surface area contributed by atoms with Gasteiger partial charge in [0.25, 0.3) is 5.91 Å². The lowest BCUT2D eigenvalue weighted by Gasteiger charge is -2.34. The van der Waals surface area contributed by atoms with Crippen molar-refractivity contribution in [2.45, 2.75) is 30.8 Å². The van der Waals surface area contributed by atoms with Gasteiger partial charge in [0.1, 0.15) is 28.9 Å². The van der Waals surface area contributed by atoms with E-state index in [0.29, 0.717) is 23.6 Å². The van der Waals surface area contributed by atoms with Crippen molar-refractivity contribution in [3.63, 3.8) is 0 Å². The van der Waals surface area contributed by atoms with Crippen LogP contribution in [0.25, 0.3) is 5.52 Å². The van der Waals surface area contributed by atoms with Crippen molar-refractivity contribution >= 4 is 17.2 Å². The molecule has 4 aromatic rings. The number of halogens is 1. The number of aromatic amines is 1. The number of hydrogen-bond acceptors (Lipinski definition) is 7. The molecule has 0 radical (unpaired) electrons. The van der Waals surface area contributed by atoms with Crippen LogP contribution in [-0.2, 0) is 6.42 Å². The molecule has 168 valence electrons. The fourth-order valence-corrected chi connectivity index (χ4v) is 4.32. The Morgan fingerprint density at radius 3 is 2.91 bits per heavy atom. The topological polar surface area (TPSA) is 124 Å². The summed E-state index contributed by atoms with van der Waals surface area (Å²) in [5.74, 6) is -0.153. The Kier molecular flexibility index (Phi) is 4.40. The molecule has 1 aliphatic heterocycles. The molecule has 0 unspecified atom stereocenters. The molecule has 2 aliphatic rings. The van der Waals surface area contributed by atoms with Gasteiger partial charge in [-0.15, -0.1) is 0 Å². The Morgan fingerprint density at radius 1 is 1.30 bits per heavy atom. The molecule has 5 heterocycles. The van der Waals surface area contributed by atoms with Gasteiger partial charge in [0.05, 0.1) is 42.3 Å². The number of amides is 1. The number of aliphatic hydroxyl groups is 1. The Bertz CT molecular complexity index is 1340. The number of imidazole rings is 1. The number of hydrogen-bond donors (Lipinski definition) is 3. The van der Waals surface area contributed by atoms with Gasteiger partial charge in [0, 0.05) is 24.9 Å². The van der Waals surface area contributed by atoms with E-state index in [-0.39, 0.29) is 24.0 Å². The number of rotatable bonds is 5. The molecule has 1 saturated carbocycles. The normalized spacial score (nSPS) is 18.8. The summed E-state index contributed by atoms with van der Waals surface area (Å²) < 4.78 is 15.8. The molecule has 0 bridgehead atoms. The number of anilines is 1. The highest BCUT2D eigenvalue weighted by Gasteiger charge is 2.43. The van der Waals surface area contributed by atoms with Gasteiger partial charge >= 0.3 is 0 Å². The first-order valence-corrected chi connectivity index (χ1v) is 10.7. The van der Waals surface area contributed by atoms with Gasteiger partial charge in [-0.25, -0.2) is 23.9 Å². The zero-order chi connectivity index (χ0) is 22.6. The number of carbonyl (C=O) groups is 1. The van der Waals surface area contributed by atoms with Gasteiger partial charge in [0.15, 0.2) is 0 Å². The molecule has 1 atom stereocenters. The van der Waals surface area contributed by atoms with Gasteiger partial charge in [-0.2, -0.15) is 5.10 Å². The quantitative estimate of drug-likeness (QED) is 0.421. The van der Waals surface area contributed by atoms with Gasteiger partial charge in [-0.05, 0) is 31.0 Å². The Hall–Kier alpha value is -3.86. The molecule has 1 fully saturated rings. The molecule has 1 amide bonds. The van der Waals surface area contributed by atoms with E-state index >= 15 is 0 Å². The second-order valence-electron chi connectivity index (χ2n) is 8.52.